The third kappa shape index (κ3) is 3.00. The molecule has 1 amide bonds. The molecule has 5 nitrogen and oxygen atoms in total. The van der Waals surface area contributed by atoms with Gasteiger partial charge in [0.1, 0.15) is 0 Å². The van der Waals surface area contributed by atoms with Crippen LogP contribution in [-0.4, -0.2) is 30.7 Å². The molecule has 27 heavy (non-hydrogen) atoms. The summed E-state index contributed by atoms with van der Waals surface area (Å²) in [5, 5.41) is 6.68. The van der Waals surface area contributed by atoms with Gasteiger partial charge in [0, 0.05) is 19.8 Å². The second-order valence-electron chi connectivity index (χ2n) is 7.34. The Bertz CT molecular complexity index is 1000. The highest BCUT2D eigenvalue weighted by Crippen LogP contribution is 2.38. The first kappa shape index (κ1) is 17.7. The molecule has 0 radical (unpaired) electrons. The van der Waals surface area contributed by atoms with Crippen LogP contribution < -0.4 is 9.91 Å². The Labute approximate surface area is 162 Å². The minimum atomic E-state index is -0.655. The Balaban J connectivity index is 1.62. The molecule has 0 fully saturated rings. The molecule has 0 N–H and O–H groups in total. The van der Waals surface area contributed by atoms with Crippen LogP contribution in [0.25, 0.3) is 10.2 Å². The Morgan fingerprint density at radius 3 is 2.48 bits per heavy atom. The fourth-order valence-corrected chi connectivity index (χ4v) is 4.21. The minimum Gasteiger partial charge on any atom is -0.378 e. The van der Waals surface area contributed by atoms with Gasteiger partial charge < -0.3 is 4.90 Å². The SMILES string of the molecule is CC1=NN(c2nc3ccccc3s2)C(=O)C1(C)Cc1ccc(N(C)C)cc1. The number of nitrogens with zero attached hydrogens (tertiary/aromatic N) is 4. The van der Waals surface area contributed by atoms with Gasteiger partial charge in [0.05, 0.1) is 21.3 Å². The van der Waals surface area contributed by atoms with Gasteiger partial charge in [-0.2, -0.15) is 10.1 Å². The van der Waals surface area contributed by atoms with Crippen LogP contribution in [0, 0.1) is 5.41 Å². The van der Waals surface area contributed by atoms with Gasteiger partial charge in [-0.25, -0.2) is 4.98 Å². The monoisotopic (exact) mass is 378 g/mol. The largest absolute Gasteiger partial charge is 0.378 e. The number of thiazole rings is 1. The lowest BCUT2D eigenvalue weighted by Crippen LogP contribution is -2.38. The molecule has 2 heterocycles. The Kier molecular flexibility index (Phi) is 4.23. The maximum atomic E-state index is 13.3. The summed E-state index contributed by atoms with van der Waals surface area (Å²) in [6.07, 6.45) is 0.621. The van der Waals surface area contributed by atoms with Crippen LogP contribution in [0.2, 0.25) is 0 Å². The Hall–Kier alpha value is -2.73. The van der Waals surface area contributed by atoms with E-state index in [0.717, 1.165) is 27.2 Å². The van der Waals surface area contributed by atoms with Crippen LogP contribution in [-0.2, 0) is 11.2 Å². The van der Waals surface area contributed by atoms with E-state index < -0.39 is 5.41 Å². The standard InChI is InChI=1S/C21H22N4OS/c1-14-21(2,13-15-9-11-16(12-10-15)24(3)4)19(26)25(23-14)20-22-17-7-5-6-8-18(17)27-20/h5-12H,13H2,1-4H3. The van der Waals surface area contributed by atoms with E-state index in [2.05, 4.69) is 39.3 Å². The van der Waals surface area contributed by atoms with Crippen LogP contribution in [0.1, 0.15) is 19.4 Å². The topological polar surface area (TPSA) is 48.8 Å². The van der Waals surface area contributed by atoms with Crippen molar-refractivity contribution < 1.29 is 4.79 Å². The molecule has 1 aliphatic heterocycles. The van der Waals surface area contributed by atoms with Crippen LogP contribution in [0.15, 0.2) is 53.6 Å². The van der Waals surface area contributed by atoms with Crippen LogP contribution in [0.4, 0.5) is 10.8 Å². The van der Waals surface area contributed by atoms with Gasteiger partial charge in [-0.15, -0.1) is 0 Å². The van der Waals surface area contributed by atoms with Crippen molar-refractivity contribution in [1.29, 1.82) is 0 Å². The van der Waals surface area contributed by atoms with Gasteiger partial charge in [0.25, 0.3) is 5.91 Å². The average molecular weight is 379 g/mol. The first-order valence-corrected chi connectivity index (χ1v) is 9.72. The molecule has 6 heteroatoms. The predicted octanol–water partition coefficient (Wildman–Crippen LogP) is 4.33. The molecule has 2 aromatic carbocycles. The molecule has 1 atom stereocenters. The summed E-state index contributed by atoms with van der Waals surface area (Å²) in [5.74, 6) is -0.0178. The molecule has 1 aliphatic rings. The molecule has 4 rings (SSSR count). The van der Waals surface area contributed by atoms with Gasteiger partial charge in [-0.05, 0) is 50.1 Å². The summed E-state index contributed by atoms with van der Waals surface area (Å²) in [6.45, 7) is 3.90. The summed E-state index contributed by atoms with van der Waals surface area (Å²) in [7, 11) is 4.03. The summed E-state index contributed by atoms with van der Waals surface area (Å²) >= 11 is 1.49. The van der Waals surface area contributed by atoms with E-state index in [1.54, 1.807) is 0 Å². The number of para-hydroxylation sites is 1. The number of hydrogen-bond donors (Lipinski definition) is 0. The van der Waals surface area contributed by atoms with Crippen LogP contribution >= 0.6 is 11.3 Å². The maximum Gasteiger partial charge on any atom is 0.261 e. The number of rotatable bonds is 4. The van der Waals surface area contributed by atoms with Crippen molar-refractivity contribution in [3.63, 3.8) is 0 Å². The van der Waals surface area contributed by atoms with E-state index in [1.165, 1.54) is 16.3 Å². The highest BCUT2D eigenvalue weighted by atomic mass is 32.1. The lowest BCUT2D eigenvalue weighted by Gasteiger charge is -2.23. The third-order valence-corrected chi connectivity index (χ3v) is 6.20. The summed E-state index contributed by atoms with van der Waals surface area (Å²) in [4.78, 5) is 19.9. The summed E-state index contributed by atoms with van der Waals surface area (Å²) < 4.78 is 1.06. The number of hydrazone groups is 1. The zero-order valence-corrected chi connectivity index (χ0v) is 16.7. The van der Waals surface area contributed by atoms with Gasteiger partial charge in [0.15, 0.2) is 0 Å². The molecule has 3 aromatic rings. The normalized spacial score (nSPS) is 19.6. The van der Waals surface area contributed by atoms with Crippen molar-refractivity contribution in [3.05, 3.63) is 54.1 Å². The van der Waals surface area contributed by atoms with Gasteiger partial charge in [-0.3, -0.25) is 4.79 Å². The highest BCUT2D eigenvalue weighted by Gasteiger charge is 2.46. The van der Waals surface area contributed by atoms with E-state index in [-0.39, 0.29) is 5.91 Å². The quantitative estimate of drug-likeness (QED) is 0.679. The highest BCUT2D eigenvalue weighted by molar-refractivity contribution is 7.22. The minimum absolute atomic E-state index is 0.0178. The van der Waals surface area contributed by atoms with Crippen LogP contribution in [0.5, 0.6) is 0 Å². The lowest BCUT2D eigenvalue weighted by molar-refractivity contribution is -0.123. The van der Waals surface area contributed by atoms with E-state index in [0.29, 0.717) is 11.6 Å². The van der Waals surface area contributed by atoms with Crippen molar-refractivity contribution >= 4 is 44.0 Å². The Morgan fingerprint density at radius 2 is 1.81 bits per heavy atom. The first-order valence-electron chi connectivity index (χ1n) is 8.90. The molecule has 0 saturated carbocycles. The van der Waals surface area contributed by atoms with Crippen LogP contribution in [0.3, 0.4) is 0 Å². The van der Waals surface area contributed by atoms with E-state index in [4.69, 9.17) is 0 Å². The zero-order valence-electron chi connectivity index (χ0n) is 15.9. The zero-order chi connectivity index (χ0) is 19.2. The smallest absolute Gasteiger partial charge is 0.261 e. The molecule has 0 spiro atoms. The number of fused-ring (bicyclic) bond motifs is 1. The Morgan fingerprint density at radius 1 is 1.11 bits per heavy atom. The predicted molar refractivity (Wildman–Crippen MR) is 113 cm³/mol. The molecule has 0 aliphatic carbocycles. The van der Waals surface area contributed by atoms with Crippen molar-refractivity contribution in [2.24, 2.45) is 10.5 Å². The van der Waals surface area contributed by atoms with Crippen molar-refractivity contribution in [1.82, 2.24) is 4.98 Å². The molecular weight excluding hydrogens is 356 g/mol. The fraction of sp³-hybridized carbons (Fsp3) is 0.286. The number of hydrogen-bond acceptors (Lipinski definition) is 5. The second kappa shape index (κ2) is 6.46. The molecule has 1 aromatic heterocycles. The second-order valence-corrected chi connectivity index (χ2v) is 8.35. The summed E-state index contributed by atoms with van der Waals surface area (Å²) in [5.41, 5.74) is 3.33. The maximum absolute atomic E-state index is 13.3. The van der Waals surface area contributed by atoms with Gasteiger partial charge in [-0.1, -0.05) is 35.6 Å². The lowest BCUT2D eigenvalue weighted by atomic mass is 9.79. The van der Waals surface area contributed by atoms with Gasteiger partial charge >= 0.3 is 0 Å². The van der Waals surface area contributed by atoms with E-state index in [9.17, 15) is 4.79 Å². The number of carbonyl (C=O) groups is 1. The first-order chi connectivity index (χ1) is 12.9. The summed E-state index contributed by atoms with van der Waals surface area (Å²) in [6, 6.07) is 16.2. The molecule has 0 saturated heterocycles. The average Bonchev–Trinajstić information content (AvgIpc) is 3.17. The number of benzene rings is 2. The van der Waals surface area contributed by atoms with Crippen molar-refractivity contribution in [2.45, 2.75) is 20.3 Å². The van der Waals surface area contributed by atoms with Crippen molar-refractivity contribution in [3.8, 4) is 0 Å². The van der Waals surface area contributed by atoms with E-state index in [1.807, 2.05) is 52.2 Å². The number of anilines is 2. The molecule has 138 valence electrons. The van der Waals surface area contributed by atoms with Gasteiger partial charge in [0.2, 0.25) is 5.13 Å². The molecular formula is C21H22N4OS. The fourth-order valence-electron chi connectivity index (χ4n) is 3.30. The third-order valence-electron chi connectivity index (χ3n) is 5.19. The van der Waals surface area contributed by atoms with Crippen molar-refractivity contribution in [2.75, 3.05) is 24.0 Å². The molecule has 0 bridgehead atoms. The van der Waals surface area contributed by atoms with E-state index >= 15 is 0 Å². The number of aromatic nitrogens is 1. The number of carbonyl (C=O) groups excluding carboxylic acids is 1. The molecule has 1 unspecified atom stereocenters. The number of amides is 1.